The summed E-state index contributed by atoms with van der Waals surface area (Å²) >= 11 is 0. The molecule has 0 atom stereocenters. The smallest absolute Gasteiger partial charge is 0.339 e. The van der Waals surface area contributed by atoms with E-state index < -0.39 is 11.9 Å². The lowest BCUT2D eigenvalue weighted by Crippen LogP contribution is -2.17. The molecule has 122 valence electrons. The van der Waals surface area contributed by atoms with E-state index in [-0.39, 0.29) is 6.61 Å². The van der Waals surface area contributed by atoms with Crippen LogP contribution < -0.4 is 0 Å². The maximum absolute atomic E-state index is 12.4. The Morgan fingerprint density at radius 1 is 0.955 bits per heavy atom. The van der Waals surface area contributed by atoms with Gasteiger partial charge in [-0.05, 0) is 37.8 Å². The zero-order valence-electron chi connectivity index (χ0n) is 13.8. The Bertz CT molecular complexity index is 494. The number of unbranched alkanes of at least 4 members (excludes halogenated alkanes) is 2. The number of benzene rings is 1. The lowest BCUT2D eigenvalue weighted by Gasteiger charge is -2.13. The molecule has 4 nitrogen and oxygen atoms in total. The van der Waals surface area contributed by atoms with E-state index in [1.54, 1.807) is 19.1 Å². The second kappa shape index (κ2) is 9.98. The second-order valence-electron chi connectivity index (χ2n) is 5.15. The normalized spacial score (nSPS) is 10.3. The van der Waals surface area contributed by atoms with Gasteiger partial charge in [0.1, 0.15) is 0 Å². The van der Waals surface area contributed by atoms with E-state index in [9.17, 15) is 9.59 Å². The van der Waals surface area contributed by atoms with Crippen LogP contribution in [-0.4, -0.2) is 25.2 Å². The Labute approximate surface area is 132 Å². The SMILES string of the molecule is CCCCOC(=O)c1c(CCCC)cccc1C(=O)OCC. The molecule has 0 unspecified atom stereocenters. The fourth-order valence-corrected chi connectivity index (χ4v) is 2.18. The highest BCUT2D eigenvalue weighted by Gasteiger charge is 2.22. The van der Waals surface area contributed by atoms with Crippen molar-refractivity contribution in [1.82, 2.24) is 0 Å². The molecule has 4 heteroatoms. The monoisotopic (exact) mass is 306 g/mol. The molecule has 0 aliphatic rings. The molecule has 1 rings (SSSR count). The van der Waals surface area contributed by atoms with Crippen molar-refractivity contribution in [1.29, 1.82) is 0 Å². The number of hydrogen-bond acceptors (Lipinski definition) is 4. The lowest BCUT2D eigenvalue weighted by atomic mass is 9.97. The number of rotatable bonds is 9. The van der Waals surface area contributed by atoms with Crippen molar-refractivity contribution in [3.05, 3.63) is 34.9 Å². The third kappa shape index (κ3) is 5.17. The van der Waals surface area contributed by atoms with Crippen LogP contribution in [0.25, 0.3) is 0 Å². The number of aryl methyl sites for hydroxylation is 1. The molecule has 0 saturated carbocycles. The van der Waals surface area contributed by atoms with Gasteiger partial charge >= 0.3 is 11.9 Å². The molecule has 0 aromatic heterocycles. The van der Waals surface area contributed by atoms with Gasteiger partial charge in [0.25, 0.3) is 0 Å². The summed E-state index contributed by atoms with van der Waals surface area (Å²) in [4.78, 5) is 24.5. The van der Waals surface area contributed by atoms with Gasteiger partial charge in [-0.25, -0.2) is 9.59 Å². The van der Waals surface area contributed by atoms with Crippen molar-refractivity contribution in [3.8, 4) is 0 Å². The molecule has 0 radical (unpaired) electrons. The molecule has 0 amide bonds. The summed E-state index contributed by atoms with van der Waals surface area (Å²) in [5.41, 5.74) is 1.52. The first-order valence-electron chi connectivity index (χ1n) is 8.11. The van der Waals surface area contributed by atoms with Gasteiger partial charge in [0.05, 0.1) is 24.3 Å². The van der Waals surface area contributed by atoms with Gasteiger partial charge in [-0.15, -0.1) is 0 Å². The summed E-state index contributed by atoms with van der Waals surface area (Å²) in [5, 5.41) is 0. The van der Waals surface area contributed by atoms with Crippen LogP contribution in [0, 0.1) is 0 Å². The molecule has 0 saturated heterocycles. The number of carbonyl (C=O) groups excluding carboxylic acids is 2. The molecule has 22 heavy (non-hydrogen) atoms. The van der Waals surface area contributed by atoms with E-state index in [2.05, 4.69) is 6.92 Å². The number of esters is 2. The Hall–Kier alpha value is -1.84. The van der Waals surface area contributed by atoms with Crippen molar-refractivity contribution in [3.63, 3.8) is 0 Å². The van der Waals surface area contributed by atoms with Gasteiger partial charge in [0.2, 0.25) is 0 Å². The first-order valence-corrected chi connectivity index (χ1v) is 8.11. The molecule has 0 aliphatic carbocycles. The van der Waals surface area contributed by atoms with E-state index in [0.717, 1.165) is 37.7 Å². The van der Waals surface area contributed by atoms with Gasteiger partial charge < -0.3 is 9.47 Å². The highest BCUT2D eigenvalue weighted by Crippen LogP contribution is 2.20. The number of ether oxygens (including phenoxy) is 2. The molecule has 1 aromatic carbocycles. The topological polar surface area (TPSA) is 52.6 Å². The maximum atomic E-state index is 12.4. The standard InChI is InChI=1S/C18H26O4/c1-4-7-10-14-11-9-12-15(17(19)21-6-3)16(14)18(20)22-13-8-5-2/h9,11-12H,4-8,10,13H2,1-3H3. The summed E-state index contributed by atoms with van der Waals surface area (Å²) in [6, 6.07) is 5.30. The average molecular weight is 306 g/mol. The third-order valence-electron chi connectivity index (χ3n) is 3.38. The third-order valence-corrected chi connectivity index (χ3v) is 3.38. The van der Waals surface area contributed by atoms with Crippen molar-refractivity contribution in [2.24, 2.45) is 0 Å². The van der Waals surface area contributed by atoms with Gasteiger partial charge in [-0.3, -0.25) is 0 Å². The second-order valence-corrected chi connectivity index (χ2v) is 5.15. The Morgan fingerprint density at radius 2 is 1.68 bits per heavy atom. The molecular weight excluding hydrogens is 280 g/mol. The zero-order valence-corrected chi connectivity index (χ0v) is 13.8. The van der Waals surface area contributed by atoms with E-state index in [0.29, 0.717) is 17.7 Å². The predicted octanol–water partition coefficient (Wildman–Crippen LogP) is 4.16. The quantitative estimate of drug-likeness (QED) is 0.508. The lowest BCUT2D eigenvalue weighted by molar-refractivity contribution is 0.0462. The summed E-state index contributed by atoms with van der Waals surface area (Å²) < 4.78 is 10.4. The first-order chi connectivity index (χ1) is 10.7. The Morgan fingerprint density at radius 3 is 2.32 bits per heavy atom. The molecule has 0 aliphatic heterocycles. The highest BCUT2D eigenvalue weighted by atomic mass is 16.5. The molecule has 0 bridgehead atoms. The number of carbonyl (C=O) groups is 2. The number of hydrogen-bond donors (Lipinski definition) is 0. The average Bonchev–Trinajstić information content (AvgIpc) is 2.52. The maximum Gasteiger partial charge on any atom is 0.339 e. The highest BCUT2D eigenvalue weighted by molar-refractivity contribution is 6.04. The summed E-state index contributed by atoms with van der Waals surface area (Å²) in [7, 11) is 0. The van der Waals surface area contributed by atoms with E-state index in [1.165, 1.54) is 0 Å². The van der Waals surface area contributed by atoms with Crippen molar-refractivity contribution < 1.29 is 19.1 Å². The van der Waals surface area contributed by atoms with Crippen LogP contribution in [0.5, 0.6) is 0 Å². The molecule has 0 fully saturated rings. The van der Waals surface area contributed by atoms with E-state index >= 15 is 0 Å². The zero-order chi connectivity index (χ0) is 16.4. The Balaban J connectivity index is 3.09. The van der Waals surface area contributed by atoms with Crippen LogP contribution in [0.4, 0.5) is 0 Å². The molecule has 1 aromatic rings. The van der Waals surface area contributed by atoms with Crippen LogP contribution in [0.2, 0.25) is 0 Å². The van der Waals surface area contributed by atoms with Gasteiger partial charge in [-0.1, -0.05) is 38.8 Å². The van der Waals surface area contributed by atoms with E-state index in [4.69, 9.17) is 9.47 Å². The van der Waals surface area contributed by atoms with Gasteiger partial charge in [0, 0.05) is 0 Å². The summed E-state index contributed by atoms with van der Waals surface area (Å²) in [6.45, 7) is 6.53. The molecular formula is C18H26O4. The van der Waals surface area contributed by atoms with Gasteiger partial charge in [0.15, 0.2) is 0 Å². The van der Waals surface area contributed by atoms with Crippen LogP contribution in [0.1, 0.15) is 72.7 Å². The van der Waals surface area contributed by atoms with Crippen molar-refractivity contribution in [2.75, 3.05) is 13.2 Å². The first kappa shape index (κ1) is 18.2. The van der Waals surface area contributed by atoms with Gasteiger partial charge in [-0.2, -0.15) is 0 Å². The Kier molecular flexibility index (Phi) is 8.26. The molecule has 0 N–H and O–H groups in total. The van der Waals surface area contributed by atoms with Crippen LogP contribution in [-0.2, 0) is 15.9 Å². The van der Waals surface area contributed by atoms with Crippen LogP contribution >= 0.6 is 0 Å². The summed E-state index contributed by atoms with van der Waals surface area (Å²) in [6.07, 6.45) is 4.50. The van der Waals surface area contributed by atoms with Crippen molar-refractivity contribution in [2.45, 2.75) is 52.9 Å². The summed E-state index contributed by atoms with van der Waals surface area (Å²) in [5.74, 6) is -0.897. The largest absolute Gasteiger partial charge is 0.462 e. The van der Waals surface area contributed by atoms with Crippen LogP contribution in [0.15, 0.2) is 18.2 Å². The van der Waals surface area contributed by atoms with Crippen molar-refractivity contribution >= 4 is 11.9 Å². The predicted molar refractivity (Wildman–Crippen MR) is 86.2 cm³/mol. The minimum Gasteiger partial charge on any atom is -0.462 e. The van der Waals surface area contributed by atoms with E-state index in [1.807, 2.05) is 13.0 Å². The fourth-order valence-electron chi connectivity index (χ4n) is 2.18. The minimum atomic E-state index is -0.469. The molecule has 0 heterocycles. The molecule has 0 spiro atoms. The fraction of sp³-hybridized carbons (Fsp3) is 0.556. The minimum absolute atomic E-state index is 0.280. The van der Waals surface area contributed by atoms with Crippen LogP contribution in [0.3, 0.4) is 0 Å².